The van der Waals surface area contributed by atoms with E-state index in [-0.39, 0.29) is 12.3 Å². The minimum atomic E-state index is -0.186. The van der Waals surface area contributed by atoms with Gasteiger partial charge in [-0.05, 0) is 41.3 Å². The summed E-state index contributed by atoms with van der Waals surface area (Å²) in [6, 6.07) is 9.32. The quantitative estimate of drug-likeness (QED) is 0.490. The number of ether oxygens (including phenoxy) is 1. The number of amides is 1. The fourth-order valence-electron chi connectivity index (χ4n) is 2.49. The molecular weight excluding hydrogens is 392 g/mol. The predicted octanol–water partition coefficient (Wildman–Crippen LogP) is 4.42. The SMILES string of the molecule is O=C(Cc1csc(-c2ccsc2)n1)Nc1ncccc1OCc1ccncc1. The molecule has 0 aliphatic rings. The number of anilines is 1. The maximum atomic E-state index is 12.5. The van der Waals surface area contributed by atoms with Crippen molar-refractivity contribution >= 4 is 34.4 Å². The zero-order valence-corrected chi connectivity index (χ0v) is 16.4. The lowest BCUT2D eigenvalue weighted by Gasteiger charge is -2.11. The lowest BCUT2D eigenvalue weighted by atomic mass is 10.3. The minimum absolute atomic E-state index is 0.182. The fourth-order valence-corrected chi connectivity index (χ4v) is 4.02. The van der Waals surface area contributed by atoms with Gasteiger partial charge in [0.25, 0.3) is 0 Å². The third-order valence-corrected chi connectivity index (χ3v) is 5.46. The Morgan fingerprint density at radius 1 is 1.11 bits per heavy atom. The van der Waals surface area contributed by atoms with Crippen LogP contribution in [0.25, 0.3) is 10.6 Å². The van der Waals surface area contributed by atoms with Crippen LogP contribution in [0.15, 0.2) is 65.1 Å². The van der Waals surface area contributed by atoms with Crippen molar-refractivity contribution in [3.8, 4) is 16.3 Å². The lowest BCUT2D eigenvalue weighted by molar-refractivity contribution is -0.115. The summed E-state index contributed by atoms with van der Waals surface area (Å²) in [7, 11) is 0. The molecule has 0 aliphatic heterocycles. The number of thiazole rings is 1. The van der Waals surface area contributed by atoms with E-state index in [4.69, 9.17) is 4.74 Å². The first-order chi connectivity index (χ1) is 13.8. The Morgan fingerprint density at radius 3 is 2.82 bits per heavy atom. The van der Waals surface area contributed by atoms with Gasteiger partial charge in [-0.25, -0.2) is 9.97 Å². The van der Waals surface area contributed by atoms with Crippen LogP contribution in [0.2, 0.25) is 0 Å². The van der Waals surface area contributed by atoms with Crippen LogP contribution >= 0.6 is 22.7 Å². The van der Waals surface area contributed by atoms with Gasteiger partial charge in [-0.15, -0.1) is 11.3 Å². The van der Waals surface area contributed by atoms with Crippen molar-refractivity contribution in [1.82, 2.24) is 15.0 Å². The molecular formula is C20H16N4O2S2. The molecule has 0 unspecified atom stereocenters. The van der Waals surface area contributed by atoms with Gasteiger partial charge in [-0.2, -0.15) is 11.3 Å². The Labute approximate surface area is 169 Å². The van der Waals surface area contributed by atoms with E-state index < -0.39 is 0 Å². The van der Waals surface area contributed by atoms with Crippen molar-refractivity contribution < 1.29 is 9.53 Å². The van der Waals surface area contributed by atoms with E-state index in [9.17, 15) is 4.79 Å². The predicted molar refractivity (Wildman–Crippen MR) is 111 cm³/mol. The first-order valence-corrected chi connectivity index (χ1v) is 10.3. The number of hydrogen-bond donors (Lipinski definition) is 1. The first kappa shape index (κ1) is 18.3. The molecule has 0 saturated carbocycles. The highest BCUT2D eigenvalue weighted by molar-refractivity contribution is 7.14. The van der Waals surface area contributed by atoms with Gasteiger partial charge in [-0.3, -0.25) is 9.78 Å². The summed E-state index contributed by atoms with van der Waals surface area (Å²) in [4.78, 5) is 25.2. The van der Waals surface area contributed by atoms with E-state index >= 15 is 0 Å². The monoisotopic (exact) mass is 408 g/mol. The lowest BCUT2D eigenvalue weighted by Crippen LogP contribution is -2.16. The van der Waals surface area contributed by atoms with E-state index in [0.29, 0.717) is 18.2 Å². The number of pyridine rings is 2. The number of nitrogens with zero attached hydrogens (tertiary/aromatic N) is 3. The Hall–Kier alpha value is -3.10. The van der Waals surface area contributed by atoms with Crippen LogP contribution in [0.3, 0.4) is 0 Å². The Kier molecular flexibility index (Phi) is 5.69. The number of rotatable bonds is 7. The average Bonchev–Trinajstić information content (AvgIpc) is 3.40. The van der Waals surface area contributed by atoms with Gasteiger partial charge in [-0.1, -0.05) is 0 Å². The smallest absolute Gasteiger partial charge is 0.231 e. The molecule has 6 nitrogen and oxygen atoms in total. The summed E-state index contributed by atoms with van der Waals surface area (Å²) in [5.74, 6) is 0.731. The summed E-state index contributed by atoms with van der Waals surface area (Å²) < 4.78 is 5.81. The van der Waals surface area contributed by atoms with Crippen LogP contribution < -0.4 is 10.1 Å². The zero-order valence-electron chi connectivity index (χ0n) is 14.7. The van der Waals surface area contributed by atoms with Gasteiger partial charge in [0, 0.05) is 34.9 Å². The molecule has 0 bridgehead atoms. The number of thiophene rings is 1. The highest BCUT2D eigenvalue weighted by atomic mass is 32.1. The number of hydrogen-bond acceptors (Lipinski definition) is 7. The summed E-state index contributed by atoms with van der Waals surface area (Å²) >= 11 is 3.16. The molecule has 8 heteroatoms. The van der Waals surface area contributed by atoms with Crippen LogP contribution in [-0.2, 0) is 17.8 Å². The average molecular weight is 409 g/mol. The summed E-state index contributed by atoms with van der Waals surface area (Å²) in [5, 5.41) is 9.70. The largest absolute Gasteiger partial charge is 0.485 e. The topological polar surface area (TPSA) is 77.0 Å². The zero-order chi connectivity index (χ0) is 19.2. The van der Waals surface area contributed by atoms with Crippen LogP contribution in [0.5, 0.6) is 5.75 Å². The van der Waals surface area contributed by atoms with Crippen molar-refractivity contribution in [1.29, 1.82) is 0 Å². The first-order valence-electron chi connectivity index (χ1n) is 8.51. The third kappa shape index (κ3) is 4.59. The molecule has 0 atom stereocenters. The summed E-state index contributed by atoms with van der Waals surface area (Å²) in [5.41, 5.74) is 2.80. The van der Waals surface area contributed by atoms with Gasteiger partial charge >= 0.3 is 0 Å². The van der Waals surface area contributed by atoms with Crippen LogP contribution in [0.4, 0.5) is 5.82 Å². The fraction of sp³-hybridized carbons (Fsp3) is 0.100. The molecule has 4 heterocycles. The molecule has 1 N–H and O–H groups in total. The van der Waals surface area contributed by atoms with Gasteiger partial charge in [0.15, 0.2) is 11.6 Å². The number of aromatic nitrogens is 3. The summed E-state index contributed by atoms with van der Waals surface area (Å²) in [6.07, 6.45) is 5.22. The second kappa shape index (κ2) is 8.73. The van der Waals surface area contributed by atoms with Gasteiger partial charge in [0.1, 0.15) is 11.6 Å². The Balaban J connectivity index is 1.39. The highest BCUT2D eigenvalue weighted by Crippen LogP contribution is 2.26. The van der Waals surface area contributed by atoms with E-state index in [0.717, 1.165) is 21.8 Å². The normalized spacial score (nSPS) is 10.6. The second-order valence-corrected chi connectivity index (χ2v) is 7.51. The van der Waals surface area contributed by atoms with Gasteiger partial charge < -0.3 is 10.1 Å². The van der Waals surface area contributed by atoms with Crippen molar-refractivity contribution in [2.45, 2.75) is 13.0 Å². The molecule has 0 saturated heterocycles. The number of carbonyl (C=O) groups excluding carboxylic acids is 1. The maximum Gasteiger partial charge on any atom is 0.231 e. The number of carbonyl (C=O) groups is 1. The van der Waals surface area contributed by atoms with E-state index in [1.54, 1.807) is 42.1 Å². The molecule has 4 rings (SSSR count). The van der Waals surface area contributed by atoms with Crippen molar-refractivity contribution in [2.24, 2.45) is 0 Å². The molecule has 0 aliphatic carbocycles. The van der Waals surface area contributed by atoms with Crippen molar-refractivity contribution in [3.05, 3.63) is 76.3 Å². The van der Waals surface area contributed by atoms with Crippen molar-refractivity contribution in [3.63, 3.8) is 0 Å². The standard InChI is InChI=1S/C20H16N4O2S2/c25-18(10-16-13-28-20(23-16)15-5-9-27-12-15)24-19-17(2-1-6-22-19)26-11-14-3-7-21-8-4-14/h1-9,12-13H,10-11H2,(H,22,24,25). The molecule has 0 fully saturated rings. The van der Waals surface area contributed by atoms with Crippen LogP contribution in [0, 0.1) is 0 Å². The van der Waals surface area contributed by atoms with Crippen molar-refractivity contribution in [2.75, 3.05) is 5.32 Å². The highest BCUT2D eigenvalue weighted by Gasteiger charge is 2.13. The molecule has 0 radical (unpaired) electrons. The molecule has 1 amide bonds. The molecule has 28 heavy (non-hydrogen) atoms. The molecule has 0 aromatic carbocycles. The Morgan fingerprint density at radius 2 is 2.00 bits per heavy atom. The van der Waals surface area contributed by atoms with Gasteiger partial charge in [0.2, 0.25) is 5.91 Å². The molecule has 4 aromatic heterocycles. The second-order valence-electron chi connectivity index (χ2n) is 5.88. The van der Waals surface area contributed by atoms with E-state index in [1.807, 2.05) is 34.3 Å². The Bertz CT molecular complexity index is 1050. The van der Waals surface area contributed by atoms with Crippen LogP contribution in [-0.4, -0.2) is 20.9 Å². The molecule has 140 valence electrons. The molecule has 4 aromatic rings. The van der Waals surface area contributed by atoms with E-state index in [2.05, 4.69) is 20.3 Å². The minimum Gasteiger partial charge on any atom is -0.485 e. The van der Waals surface area contributed by atoms with E-state index in [1.165, 1.54) is 11.3 Å². The van der Waals surface area contributed by atoms with Gasteiger partial charge in [0.05, 0.1) is 12.1 Å². The third-order valence-electron chi connectivity index (χ3n) is 3.83. The number of nitrogens with one attached hydrogen (secondary N) is 1. The maximum absolute atomic E-state index is 12.5. The summed E-state index contributed by atoms with van der Waals surface area (Å²) in [6.45, 7) is 0.368. The molecule has 0 spiro atoms. The van der Waals surface area contributed by atoms with Crippen LogP contribution in [0.1, 0.15) is 11.3 Å².